The first kappa shape index (κ1) is 29.2. The molecule has 2 aromatic carbocycles. The van der Waals surface area contributed by atoms with Gasteiger partial charge in [0.15, 0.2) is 11.5 Å². The topological polar surface area (TPSA) is 42.2 Å². The van der Waals surface area contributed by atoms with Crippen molar-refractivity contribution in [2.75, 3.05) is 13.2 Å². The lowest BCUT2D eigenvalue weighted by Crippen LogP contribution is -2.03. The van der Waals surface area contributed by atoms with Gasteiger partial charge < -0.3 is 9.47 Å². The van der Waals surface area contributed by atoms with Crippen molar-refractivity contribution in [2.45, 2.75) is 90.9 Å². The Morgan fingerprint density at radius 3 is 1.69 bits per heavy atom. The third-order valence-electron chi connectivity index (χ3n) is 6.21. The molecule has 194 valence electrons. The van der Waals surface area contributed by atoms with Crippen LogP contribution in [0.25, 0.3) is 12.2 Å². The molecule has 0 radical (unpaired) electrons. The van der Waals surface area contributed by atoms with Crippen LogP contribution in [0, 0.1) is 11.3 Å². The minimum absolute atomic E-state index is 0.676. The second-order valence-corrected chi connectivity index (χ2v) is 9.39. The maximum atomic E-state index is 8.92. The van der Waals surface area contributed by atoms with E-state index in [9.17, 15) is 0 Å². The molecule has 0 spiro atoms. The van der Waals surface area contributed by atoms with Crippen molar-refractivity contribution >= 4 is 12.2 Å². The summed E-state index contributed by atoms with van der Waals surface area (Å²) in [5.74, 6) is 1.69. The predicted octanol–water partition coefficient (Wildman–Crippen LogP) is 9.76. The average molecular weight is 488 g/mol. The average Bonchev–Trinajstić information content (AvgIpc) is 2.91. The highest BCUT2D eigenvalue weighted by Gasteiger charge is 2.06. The molecule has 0 fully saturated rings. The first-order valence-electron chi connectivity index (χ1n) is 14.0. The van der Waals surface area contributed by atoms with Crippen molar-refractivity contribution in [2.24, 2.45) is 0 Å². The number of rotatable bonds is 19. The molecule has 0 bridgehead atoms. The normalized spacial score (nSPS) is 11.2. The molecule has 2 rings (SSSR count). The van der Waals surface area contributed by atoms with Gasteiger partial charge in [0.05, 0.1) is 24.8 Å². The number of nitrogens with zero attached hydrogens (tertiary/aromatic N) is 1. The molecular formula is C33H45NO2. The fraction of sp³-hybridized carbons (Fsp3) is 0.485. The highest BCUT2D eigenvalue weighted by Crippen LogP contribution is 2.30. The third-order valence-corrected chi connectivity index (χ3v) is 6.21. The summed E-state index contributed by atoms with van der Waals surface area (Å²) in [6.07, 6.45) is 23.2. The van der Waals surface area contributed by atoms with Crippen LogP contribution in [0.5, 0.6) is 11.5 Å². The molecule has 36 heavy (non-hydrogen) atoms. The van der Waals surface area contributed by atoms with Crippen LogP contribution in [0.1, 0.15) is 108 Å². The second kappa shape index (κ2) is 19.2. The minimum Gasteiger partial charge on any atom is -0.490 e. The summed E-state index contributed by atoms with van der Waals surface area (Å²) >= 11 is 0. The molecule has 3 heteroatoms. The molecule has 0 unspecified atom stereocenters. The van der Waals surface area contributed by atoms with E-state index in [0.29, 0.717) is 5.56 Å². The Morgan fingerprint density at radius 1 is 0.611 bits per heavy atom. The Balaban J connectivity index is 1.92. The number of hydrogen-bond donors (Lipinski definition) is 0. The van der Waals surface area contributed by atoms with Gasteiger partial charge in [0.2, 0.25) is 0 Å². The lowest BCUT2D eigenvalue weighted by atomic mass is 10.1. The standard InChI is InChI=1S/C33H45NO2/c1-3-5-7-9-11-15-25-35-32-24-23-30(27-33(32)36-26-16-12-10-8-6-4-2)18-14-13-17-29-19-21-31(28-34)22-20-29/h13-14,17-24,27H,3-12,15-16,25-26H2,1-2H3/b17-13+,18-14+. The van der Waals surface area contributed by atoms with E-state index in [0.717, 1.165) is 48.7 Å². The molecule has 0 aliphatic rings. The molecule has 0 N–H and O–H groups in total. The Bertz CT molecular complexity index is 937. The van der Waals surface area contributed by atoms with Crippen LogP contribution in [0.3, 0.4) is 0 Å². The van der Waals surface area contributed by atoms with Crippen LogP contribution in [0.2, 0.25) is 0 Å². The maximum Gasteiger partial charge on any atom is 0.161 e. The monoisotopic (exact) mass is 487 g/mol. The van der Waals surface area contributed by atoms with E-state index in [4.69, 9.17) is 14.7 Å². The van der Waals surface area contributed by atoms with E-state index in [1.807, 2.05) is 48.6 Å². The highest BCUT2D eigenvalue weighted by molar-refractivity contribution is 5.60. The summed E-state index contributed by atoms with van der Waals surface area (Å²) in [6.45, 7) is 5.97. The molecule has 0 saturated heterocycles. The Morgan fingerprint density at radius 2 is 1.11 bits per heavy atom. The highest BCUT2D eigenvalue weighted by atomic mass is 16.5. The van der Waals surface area contributed by atoms with Gasteiger partial charge in [-0.15, -0.1) is 0 Å². The summed E-state index contributed by atoms with van der Waals surface area (Å²) in [5, 5.41) is 8.92. The molecule has 0 aliphatic carbocycles. The summed E-state index contributed by atoms with van der Waals surface area (Å²) in [4.78, 5) is 0. The minimum atomic E-state index is 0.676. The van der Waals surface area contributed by atoms with Crippen molar-refractivity contribution in [3.05, 3.63) is 71.3 Å². The van der Waals surface area contributed by atoms with Crippen LogP contribution >= 0.6 is 0 Å². The number of nitriles is 1. The van der Waals surface area contributed by atoms with Gasteiger partial charge in [-0.2, -0.15) is 5.26 Å². The van der Waals surface area contributed by atoms with Gasteiger partial charge in [0.25, 0.3) is 0 Å². The van der Waals surface area contributed by atoms with Crippen molar-refractivity contribution in [3.8, 4) is 17.6 Å². The molecule has 0 heterocycles. The Hall–Kier alpha value is -2.99. The molecular weight excluding hydrogens is 442 g/mol. The molecule has 2 aromatic rings. The third kappa shape index (κ3) is 12.6. The van der Waals surface area contributed by atoms with E-state index in [1.54, 1.807) is 0 Å². The van der Waals surface area contributed by atoms with Gasteiger partial charge in [-0.25, -0.2) is 0 Å². The van der Waals surface area contributed by atoms with E-state index >= 15 is 0 Å². The molecule has 0 saturated carbocycles. The SMILES string of the molecule is CCCCCCCCOc1ccc(/C=C/C=C/c2ccc(C#N)cc2)cc1OCCCCCCCC. The Labute approximate surface area is 219 Å². The molecule has 0 amide bonds. The van der Waals surface area contributed by atoms with E-state index < -0.39 is 0 Å². The van der Waals surface area contributed by atoms with Crippen molar-refractivity contribution < 1.29 is 9.47 Å². The molecule has 0 aromatic heterocycles. The van der Waals surface area contributed by atoms with Crippen molar-refractivity contribution in [1.82, 2.24) is 0 Å². The predicted molar refractivity (Wildman–Crippen MR) is 153 cm³/mol. The van der Waals surface area contributed by atoms with Gasteiger partial charge in [-0.05, 0) is 48.2 Å². The first-order chi connectivity index (χ1) is 17.8. The van der Waals surface area contributed by atoms with Gasteiger partial charge in [0.1, 0.15) is 0 Å². The van der Waals surface area contributed by atoms with Gasteiger partial charge >= 0.3 is 0 Å². The van der Waals surface area contributed by atoms with Crippen molar-refractivity contribution in [1.29, 1.82) is 5.26 Å². The van der Waals surface area contributed by atoms with E-state index in [1.165, 1.54) is 64.2 Å². The lowest BCUT2D eigenvalue weighted by molar-refractivity contribution is 0.258. The number of allylic oxidation sites excluding steroid dienone is 2. The van der Waals surface area contributed by atoms with Crippen LogP contribution < -0.4 is 9.47 Å². The van der Waals surface area contributed by atoms with E-state index in [-0.39, 0.29) is 0 Å². The Kier molecular flexibility index (Phi) is 15.6. The van der Waals surface area contributed by atoms with E-state index in [2.05, 4.69) is 38.1 Å². The number of ether oxygens (including phenoxy) is 2. The van der Waals surface area contributed by atoms with Crippen molar-refractivity contribution in [3.63, 3.8) is 0 Å². The summed E-state index contributed by atoms with van der Waals surface area (Å²) in [5.41, 5.74) is 2.83. The largest absolute Gasteiger partial charge is 0.490 e. The van der Waals surface area contributed by atoms with Crippen LogP contribution in [-0.2, 0) is 0 Å². The first-order valence-corrected chi connectivity index (χ1v) is 14.0. The van der Waals surface area contributed by atoms with Gasteiger partial charge in [-0.1, -0.05) is 121 Å². The zero-order valence-corrected chi connectivity index (χ0v) is 22.5. The fourth-order valence-corrected chi connectivity index (χ4v) is 3.99. The quantitative estimate of drug-likeness (QED) is 0.146. The maximum absolute atomic E-state index is 8.92. The fourth-order valence-electron chi connectivity index (χ4n) is 3.99. The smallest absolute Gasteiger partial charge is 0.161 e. The molecule has 0 atom stereocenters. The van der Waals surface area contributed by atoms with Crippen LogP contribution in [-0.4, -0.2) is 13.2 Å². The number of hydrogen-bond acceptors (Lipinski definition) is 3. The zero-order valence-electron chi connectivity index (χ0n) is 22.5. The van der Waals surface area contributed by atoms with Gasteiger partial charge in [0, 0.05) is 0 Å². The van der Waals surface area contributed by atoms with Gasteiger partial charge in [-0.3, -0.25) is 0 Å². The van der Waals surface area contributed by atoms with Crippen LogP contribution in [0.4, 0.5) is 0 Å². The second-order valence-electron chi connectivity index (χ2n) is 9.39. The zero-order chi connectivity index (χ0) is 25.7. The summed E-state index contributed by atoms with van der Waals surface area (Å²) in [6, 6.07) is 15.9. The lowest BCUT2D eigenvalue weighted by Gasteiger charge is -2.14. The summed E-state index contributed by atoms with van der Waals surface area (Å²) in [7, 11) is 0. The number of unbranched alkanes of at least 4 members (excludes halogenated alkanes) is 10. The summed E-state index contributed by atoms with van der Waals surface area (Å²) < 4.78 is 12.3. The molecule has 0 aliphatic heterocycles. The van der Waals surface area contributed by atoms with Crippen LogP contribution in [0.15, 0.2) is 54.6 Å². The molecule has 3 nitrogen and oxygen atoms in total. The number of benzene rings is 2.